The molecule has 0 aromatic heterocycles. The molecule has 6 heteroatoms. The van der Waals surface area contributed by atoms with Crippen LogP contribution in [0.1, 0.15) is 28.4 Å². The maximum Gasteiger partial charge on any atom is 0.253 e. The quantitative estimate of drug-likeness (QED) is 0.582. The molecule has 27 heavy (non-hydrogen) atoms. The number of rotatable bonds is 7. The monoisotopic (exact) mass is 370 g/mol. The Labute approximate surface area is 160 Å². The van der Waals surface area contributed by atoms with E-state index in [4.69, 9.17) is 0 Å². The number of benzene rings is 2. The van der Waals surface area contributed by atoms with Crippen LogP contribution >= 0.6 is 0 Å². The van der Waals surface area contributed by atoms with Gasteiger partial charge in [0.2, 0.25) is 0 Å². The molecule has 0 spiro atoms. The van der Waals surface area contributed by atoms with Crippen molar-refractivity contribution in [2.24, 2.45) is 4.99 Å². The fraction of sp³-hybridized carbons (Fsp3) is 0.333. The van der Waals surface area contributed by atoms with Gasteiger partial charge in [0.25, 0.3) is 5.91 Å². The molecule has 0 saturated heterocycles. The van der Waals surface area contributed by atoms with Gasteiger partial charge in [-0.25, -0.2) is 9.38 Å². The van der Waals surface area contributed by atoms with E-state index >= 15 is 0 Å². The number of aliphatic imine (C=N–C) groups is 1. The zero-order chi connectivity index (χ0) is 19.6. The summed E-state index contributed by atoms with van der Waals surface area (Å²) < 4.78 is 12.9. The minimum absolute atomic E-state index is 0.0131. The molecular weight excluding hydrogens is 343 g/mol. The third-order valence-electron chi connectivity index (χ3n) is 3.99. The Hall–Kier alpha value is -2.89. The Morgan fingerprint density at radius 3 is 2.22 bits per heavy atom. The molecule has 0 atom stereocenters. The number of hydrogen-bond acceptors (Lipinski definition) is 2. The van der Waals surface area contributed by atoms with Crippen LogP contribution in [0.5, 0.6) is 0 Å². The molecule has 0 fully saturated rings. The number of amides is 1. The predicted octanol–water partition coefficient (Wildman–Crippen LogP) is 2.83. The highest BCUT2D eigenvalue weighted by Crippen LogP contribution is 2.07. The first kappa shape index (κ1) is 20.4. The van der Waals surface area contributed by atoms with Gasteiger partial charge in [-0.1, -0.05) is 24.3 Å². The van der Waals surface area contributed by atoms with Crippen molar-refractivity contribution < 1.29 is 9.18 Å². The SMILES string of the molecule is CCNC(=NCc1ccc(C(=O)N(C)C)cc1)NCCc1ccc(F)cc1. The zero-order valence-electron chi connectivity index (χ0n) is 16.1. The third-order valence-corrected chi connectivity index (χ3v) is 3.99. The molecule has 0 aliphatic rings. The highest BCUT2D eigenvalue weighted by Gasteiger charge is 2.07. The van der Waals surface area contributed by atoms with Gasteiger partial charge in [0.15, 0.2) is 5.96 Å². The van der Waals surface area contributed by atoms with Crippen LogP contribution in [0.15, 0.2) is 53.5 Å². The molecule has 0 aliphatic heterocycles. The molecule has 2 aromatic carbocycles. The van der Waals surface area contributed by atoms with Crippen LogP contribution in [0.2, 0.25) is 0 Å². The van der Waals surface area contributed by atoms with Gasteiger partial charge in [-0.3, -0.25) is 4.79 Å². The summed E-state index contributed by atoms with van der Waals surface area (Å²) in [5.74, 6) is 0.494. The lowest BCUT2D eigenvalue weighted by atomic mass is 10.1. The second kappa shape index (κ2) is 10.3. The van der Waals surface area contributed by atoms with Gasteiger partial charge in [-0.05, 0) is 48.7 Å². The van der Waals surface area contributed by atoms with Crippen molar-refractivity contribution in [3.05, 3.63) is 71.0 Å². The van der Waals surface area contributed by atoms with Crippen LogP contribution in [0.3, 0.4) is 0 Å². The molecule has 1 amide bonds. The average molecular weight is 370 g/mol. The van der Waals surface area contributed by atoms with Gasteiger partial charge >= 0.3 is 0 Å². The van der Waals surface area contributed by atoms with Gasteiger partial charge in [0, 0.05) is 32.7 Å². The van der Waals surface area contributed by atoms with Crippen LogP contribution in [0.25, 0.3) is 0 Å². The standard InChI is InChI=1S/C21H27FN4O/c1-4-23-21(24-14-13-16-7-11-19(22)12-8-16)25-15-17-5-9-18(10-6-17)20(27)26(2)3/h5-12H,4,13-15H2,1-3H3,(H2,23,24,25). The summed E-state index contributed by atoms with van der Waals surface area (Å²) in [7, 11) is 3.47. The minimum Gasteiger partial charge on any atom is -0.357 e. The van der Waals surface area contributed by atoms with Crippen molar-refractivity contribution in [1.29, 1.82) is 0 Å². The fourth-order valence-corrected chi connectivity index (χ4v) is 2.50. The first-order valence-corrected chi connectivity index (χ1v) is 9.07. The van der Waals surface area contributed by atoms with Gasteiger partial charge in [0.05, 0.1) is 6.54 Å². The van der Waals surface area contributed by atoms with Crippen molar-refractivity contribution in [2.75, 3.05) is 27.2 Å². The Kier molecular flexibility index (Phi) is 7.79. The maximum atomic E-state index is 12.9. The number of carbonyl (C=O) groups is 1. The van der Waals surface area contributed by atoms with Crippen molar-refractivity contribution >= 4 is 11.9 Å². The van der Waals surface area contributed by atoms with E-state index in [0.29, 0.717) is 18.7 Å². The van der Waals surface area contributed by atoms with E-state index in [9.17, 15) is 9.18 Å². The molecule has 144 valence electrons. The molecule has 0 aliphatic carbocycles. The minimum atomic E-state index is -0.222. The average Bonchev–Trinajstić information content (AvgIpc) is 2.67. The van der Waals surface area contributed by atoms with Crippen LogP contribution < -0.4 is 10.6 Å². The topological polar surface area (TPSA) is 56.7 Å². The summed E-state index contributed by atoms with van der Waals surface area (Å²) in [6.07, 6.45) is 0.784. The van der Waals surface area contributed by atoms with Gasteiger partial charge < -0.3 is 15.5 Å². The van der Waals surface area contributed by atoms with E-state index in [1.807, 2.05) is 31.2 Å². The number of nitrogens with one attached hydrogen (secondary N) is 2. The Balaban J connectivity index is 1.90. The van der Waals surface area contributed by atoms with Crippen LogP contribution in [0, 0.1) is 5.82 Å². The second-order valence-electron chi connectivity index (χ2n) is 6.39. The first-order valence-electron chi connectivity index (χ1n) is 9.07. The summed E-state index contributed by atoms with van der Waals surface area (Å²) in [5.41, 5.74) is 2.76. The van der Waals surface area contributed by atoms with Gasteiger partial charge in [-0.15, -0.1) is 0 Å². The number of nitrogens with zero attached hydrogens (tertiary/aromatic N) is 2. The Morgan fingerprint density at radius 1 is 1.00 bits per heavy atom. The van der Waals surface area contributed by atoms with E-state index < -0.39 is 0 Å². The summed E-state index contributed by atoms with van der Waals surface area (Å²) in [6, 6.07) is 14.0. The summed E-state index contributed by atoms with van der Waals surface area (Å²) in [5, 5.41) is 6.49. The molecule has 0 heterocycles. The van der Waals surface area contributed by atoms with Crippen molar-refractivity contribution in [1.82, 2.24) is 15.5 Å². The molecule has 0 radical (unpaired) electrons. The highest BCUT2D eigenvalue weighted by molar-refractivity contribution is 5.93. The normalized spacial score (nSPS) is 11.2. The van der Waals surface area contributed by atoms with Gasteiger partial charge in [-0.2, -0.15) is 0 Å². The fourth-order valence-electron chi connectivity index (χ4n) is 2.50. The molecule has 2 rings (SSSR count). The lowest BCUT2D eigenvalue weighted by Gasteiger charge is -2.12. The molecule has 2 N–H and O–H groups in total. The van der Waals surface area contributed by atoms with E-state index in [1.54, 1.807) is 31.1 Å². The maximum absolute atomic E-state index is 12.9. The highest BCUT2D eigenvalue weighted by atomic mass is 19.1. The lowest BCUT2D eigenvalue weighted by Crippen LogP contribution is -2.38. The Bertz CT molecular complexity index is 755. The summed E-state index contributed by atoms with van der Waals surface area (Å²) >= 11 is 0. The summed E-state index contributed by atoms with van der Waals surface area (Å²) in [6.45, 7) is 3.99. The van der Waals surface area contributed by atoms with Crippen LogP contribution in [0.4, 0.5) is 4.39 Å². The van der Waals surface area contributed by atoms with Crippen LogP contribution in [-0.4, -0.2) is 44.0 Å². The number of guanidine groups is 1. The third kappa shape index (κ3) is 6.73. The predicted molar refractivity (Wildman–Crippen MR) is 107 cm³/mol. The molecule has 0 saturated carbocycles. The van der Waals surface area contributed by atoms with E-state index in [0.717, 1.165) is 30.1 Å². The molecular formula is C21H27FN4O. The smallest absolute Gasteiger partial charge is 0.253 e. The van der Waals surface area contributed by atoms with E-state index in [2.05, 4.69) is 15.6 Å². The van der Waals surface area contributed by atoms with Crippen molar-refractivity contribution in [3.8, 4) is 0 Å². The molecule has 5 nitrogen and oxygen atoms in total. The first-order chi connectivity index (χ1) is 13.0. The Morgan fingerprint density at radius 2 is 1.63 bits per heavy atom. The number of carbonyl (C=O) groups excluding carboxylic acids is 1. The van der Waals surface area contributed by atoms with Crippen LogP contribution in [-0.2, 0) is 13.0 Å². The molecule has 0 bridgehead atoms. The van der Waals surface area contributed by atoms with E-state index in [-0.39, 0.29) is 11.7 Å². The summed E-state index contributed by atoms with van der Waals surface area (Å²) in [4.78, 5) is 18.1. The molecule has 2 aromatic rings. The zero-order valence-corrected chi connectivity index (χ0v) is 16.1. The molecule has 0 unspecified atom stereocenters. The van der Waals surface area contributed by atoms with Crippen molar-refractivity contribution in [3.63, 3.8) is 0 Å². The van der Waals surface area contributed by atoms with E-state index in [1.165, 1.54) is 12.1 Å². The number of halogens is 1. The van der Waals surface area contributed by atoms with Gasteiger partial charge in [0.1, 0.15) is 5.82 Å². The largest absolute Gasteiger partial charge is 0.357 e. The van der Waals surface area contributed by atoms with Crippen molar-refractivity contribution in [2.45, 2.75) is 19.9 Å². The second-order valence-corrected chi connectivity index (χ2v) is 6.39. The lowest BCUT2D eigenvalue weighted by molar-refractivity contribution is 0.0827. The number of hydrogen-bond donors (Lipinski definition) is 2.